The van der Waals surface area contributed by atoms with Gasteiger partial charge in [-0.1, -0.05) is 12.1 Å². The first kappa shape index (κ1) is 15.8. The standard InChI is InChI=1S/C11H16NO6P/c1-3-17-19(15,16)18-9(2)8-10-4-6-11(7-5-10)12(13)14/h4-7,9H,3,8H2,1-2H3,(H,15,16). The zero-order chi connectivity index (χ0) is 14.5. The summed E-state index contributed by atoms with van der Waals surface area (Å²) in [5.74, 6) is 0. The first-order chi connectivity index (χ1) is 8.84. The van der Waals surface area contributed by atoms with Crippen molar-refractivity contribution in [2.45, 2.75) is 26.4 Å². The van der Waals surface area contributed by atoms with Gasteiger partial charge in [0.2, 0.25) is 0 Å². The van der Waals surface area contributed by atoms with Crippen LogP contribution in [0, 0.1) is 10.1 Å². The van der Waals surface area contributed by atoms with Crippen molar-refractivity contribution in [1.82, 2.24) is 0 Å². The second-order valence-corrected chi connectivity index (χ2v) is 5.34. The Labute approximate surface area is 110 Å². The molecular weight excluding hydrogens is 273 g/mol. The highest BCUT2D eigenvalue weighted by Crippen LogP contribution is 2.44. The second-order valence-electron chi connectivity index (χ2n) is 3.93. The summed E-state index contributed by atoms with van der Waals surface area (Å²) in [6.45, 7) is 3.30. The lowest BCUT2D eigenvalue weighted by molar-refractivity contribution is -0.384. The Hall–Kier alpha value is -1.27. The van der Waals surface area contributed by atoms with Crippen molar-refractivity contribution in [2.24, 2.45) is 0 Å². The monoisotopic (exact) mass is 289 g/mol. The lowest BCUT2D eigenvalue weighted by Gasteiger charge is -2.16. The van der Waals surface area contributed by atoms with Crippen molar-refractivity contribution in [2.75, 3.05) is 6.61 Å². The van der Waals surface area contributed by atoms with Gasteiger partial charge in [0.25, 0.3) is 5.69 Å². The highest BCUT2D eigenvalue weighted by atomic mass is 31.2. The van der Waals surface area contributed by atoms with Crippen molar-refractivity contribution in [3.8, 4) is 0 Å². The number of nitro groups is 1. The average Bonchev–Trinajstić information content (AvgIpc) is 2.28. The van der Waals surface area contributed by atoms with E-state index >= 15 is 0 Å². The van der Waals surface area contributed by atoms with E-state index in [4.69, 9.17) is 4.52 Å². The molecule has 2 atom stereocenters. The minimum Gasteiger partial charge on any atom is -0.302 e. The Balaban J connectivity index is 2.59. The Bertz CT molecular complexity index is 475. The van der Waals surface area contributed by atoms with E-state index in [9.17, 15) is 19.6 Å². The summed E-state index contributed by atoms with van der Waals surface area (Å²) < 4.78 is 20.9. The molecule has 0 aliphatic carbocycles. The smallest absolute Gasteiger partial charge is 0.302 e. The number of phosphoric acid groups is 1. The number of hydrogen-bond donors (Lipinski definition) is 1. The molecule has 0 saturated carbocycles. The van der Waals surface area contributed by atoms with E-state index in [0.29, 0.717) is 6.42 Å². The molecule has 0 amide bonds. The molecular formula is C11H16NO6P. The predicted molar refractivity (Wildman–Crippen MR) is 68.8 cm³/mol. The third kappa shape index (κ3) is 5.48. The quantitative estimate of drug-likeness (QED) is 0.470. The summed E-state index contributed by atoms with van der Waals surface area (Å²) in [6.07, 6.45) is -0.181. The Morgan fingerprint density at radius 3 is 2.47 bits per heavy atom. The fraction of sp³-hybridized carbons (Fsp3) is 0.455. The van der Waals surface area contributed by atoms with Gasteiger partial charge in [-0.3, -0.25) is 19.2 Å². The maximum atomic E-state index is 11.4. The average molecular weight is 289 g/mol. The first-order valence-electron chi connectivity index (χ1n) is 5.73. The molecule has 0 saturated heterocycles. The van der Waals surface area contributed by atoms with Gasteiger partial charge in [-0.05, 0) is 25.8 Å². The summed E-state index contributed by atoms with van der Waals surface area (Å²) in [5, 5.41) is 10.5. The van der Waals surface area contributed by atoms with Gasteiger partial charge in [0.05, 0.1) is 17.6 Å². The van der Waals surface area contributed by atoms with Crippen LogP contribution in [0.3, 0.4) is 0 Å². The highest BCUT2D eigenvalue weighted by Gasteiger charge is 2.23. The van der Waals surface area contributed by atoms with Gasteiger partial charge in [0.1, 0.15) is 0 Å². The van der Waals surface area contributed by atoms with E-state index in [1.165, 1.54) is 12.1 Å². The minimum atomic E-state index is -4.02. The van der Waals surface area contributed by atoms with E-state index in [1.54, 1.807) is 26.0 Å². The van der Waals surface area contributed by atoms with Crippen molar-refractivity contribution < 1.29 is 23.4 Å². The van der Waals surface area contributed by atoms with Gasteiger partial charge in [-0.2, -0.15) is 0 Å². The number of hydrogen-bond acceptors (Lipinski definition) is 5. The van der Waals surface area contributed by atoms with Crippen LogP contribution in [0.4, 0.5) is 5.69 Å². The fourth-order valence-electron chi connectivity index (χ4n) is 1.54. The summed E-state index contributed by atoms with van der Waals surface area (Å²) in [4.78, 5) is 19.3. The number of non-ortho nitro benzene ring substituents is 1. The second kappa shape index (κ2) is 6.77. The third-order valence-corrected chi connectivity index (χ3v) is 3.49. The lowest BCUT2D eigenvalue weighted by Crippen LogP contribution is -2.11. The molecule has 0 aromatic heterocycles. The molecule has 2 unspecified atom stereocenters. The molecule has 0 fully saturated rings. The molecule has 7 nitrogen and oxygen atoms in total. The van der Waals surface area contributed by atoms with Crippen LogP contribution in [0.15, 0.2) is 24.3 Å². The molecule has 1 rings (SSSR count). The predicted octanol–water partition coefficient (Wildman–Crippen LogP) is 2.68. The van der Waals surface area contributed by atoms with E-state index in [-0.39, 0.29) is 12.3 Å². The fourth-order valence-corrected chi connectivity index (χ4v) is 2.46. The van der Waals surface area contributed by atoms with Crippen LogP contribution in [-0.4, -0.2) is 22.5 Å². The van der Waals surface area contributed by atoms with Crippen molar-refractivity contribution in [3.05, 3.63) is 39.9 Å². The van der Waals surface area contributed by atoms with Gasteiger partial charge in [0, 0.05) is 12.1 Å². The first-order valence-corrected chi connectivity index (χ1v) is 7.22. The number of benzene rings is 1. The lowest BCUT2D eigenvalue weighted by atomic mass is 10.1. The molecule has 1 N–H and O–H groups in total. The molecule has 0 radical (unpaired) electrons. The van der Waals surface area contributed by atoms with Gasteiger partial charge in [0.15, 0.2) is 0 Å². The van der Waals surface area contributed by atoms with E-state index in [0.717, 1.165) is 5.56 Å². The molecule has 106 valence electrons. The minimum absolute atomic E-state index is 0.000493. The third-order valence-electron chi connectivity index (χ3n) is 2.28. The van der Waals surface area contributed by atoms with Gasteiger partial charge in [-0.15, -0.1) is 0 Å². The maximum Gasteiger partial charge on any atom is 0.472 e. The molecule has 0 bridgehead atoms. The molecule has 8 heteroatoms. The molecule has 1 aromatic carbocycles. The zero-order valence-corrected chi connectivity index (χ0v) is 11.6. The largest absolute Gasteiger partial charge is 0.472 e. The van der Waals surface area contributed by atoms with Crippen LogP contribution >= 0.6 is 7.82 Å². The number of nitrogens with zero attached hydrogens (tertiary/aromatic N) is 1. The normalized spacial score (nSPS) is 15.7. The Morgan fingerprint density at radius 2 is 2.00 bits per heavy atom. The molecule has 19 heavy (non-hydrogen) atoms. The van der Waals surface area contributed by atoms with Gasteiger partial charge < -0.3 is 4.89 Å². The Kier molecular flexibility index (Phi) is 5.62. The van der Waals surface area contributed by atoms with Crippen LogP contribution in [0.25, 0.3) is 0 Å². The maximum absolute atomic E-state index is 11.4. The van der Waals surface area contributed by atoms with E-state index in [2.05, 4.69) is 4.52 Å². The number of nitro benzene ring substituents is 1. The van der Waals surface area contributed by atoms with Crippen LogP contribution in [-0.2, 0) is 20.0 Å². The Morgan fingerprint density at radius 1 is 1.42 bits per heavy atom. The van der Waals surface area contributed by atoms with Gasteiger partial charge >= 0.3 is 7.82 Å². The van der Waals surface area contributed by atoms with E-state index < -0.39 is 18.8 Å². The van der Waals surface area contributed by atoms with Crippen LogP contribution in [0.5, 0.6) is 0 Å². The van der Waals surface area contributed by atoms with Gasteiger partial charge in [-0.25, -0.2) is 4.57 Å². The van der Waals surface area contributed by atoms with Crippen LogP contribution in [0.2, 0.25) is 0 Å². The number of rotatable bonds is 7. The van der Waals surface area contributed by atoms with Crippen LogP contribution in [0.1, 0.15) is 19.4 Å². The molecule has 1 aromatic rings. The molecule has 0 heterocycles. The summed E-state index contributed by atoms with van der Waals surface area (Å²) in [6, 6.07) is 5.92. The number of phosphoric ester groups is 1. The summed E-state index contributed by atoms with van der Waals surface area (Å²) >= 11 is 0. The topological polar surface area (TPSA) is 98.9 Å². The zero-order valence-electron chi connectivity index (χ0n) is 10.7. The SMILES string of the molecule is CCOP(=O)(O)OC(C)Cc1ccc([N+](=O)[O-])cc1. The van der Waals surface area contributed by atoms with E-state index in [1.807, 2.05) is 0 Å². The highest BCUT2D eigenvalue weighted by molar-refractivity contribution is 7.47. The van der Waals surface area contributed by atoms with Crippen LogP contribution < -0.4 is 0 Å². The van der Waals surface area contributed by atoms with Crippen molar-refractivity contribution in [1.29, 1.82) is 0 Å². The summed E-state index contributed by atoms with van der Waals surface area (Å²) in [5.41, 5.74) is 0.772. The van der Waals surface area contributed by atoms with Crippen molar-refractivity contribution >= 4 is 13.5 Å². The van der Waals surface area contributed by atoms with Crippen molar-refractivity contribution in [3.63, 3.8) is 0 Å². The molecule has 0 aliphatic heterocycles. The molecule has 0 spiro atoms. The molecule has 0 aliphatic rings. The summed E-state index contributed by atoms with van der Waals surface area (Å²) in [7, 11) is -4.02.